The van der Waals surface area contributed by atoms with Gasteiger partial charge in [0.05, 0.1) is 10.8 Å². The zero-order valence-corrected chi connectivity index (χ0v) is 15.5. The van der Waals surface area contributed by atoms with Crippen LogP contribution >= 0.6 is 12.4 Å². The second kappa shape index (κ2) is 11.3. The van der Waals surface area contributed by atoms with Gasteiger partial charge in [0.15, 0.2) is 11.5 Å². The molecule has 136 valence electrons. The third-order valence-electron chi connectivity index (χ3n) is 3.34. The Bertz CT molecular complexity index is 557. The highest BCUT2D eigenvalue weighted by Crippen LogP contribution is 2.31. The van der Waals surface area contributed by atoms with Gasteiger partial charge in [-0.2, -0.15) is 0 Å². The maximum absolute atomic E-state index is 12.3. The SMILES string of the molecule is CCCNCCNC(=O)CCS(=O)c1ccc2c(c1)OCCO2.Cl. The summed E-state index contributed by atoms with van der Waals surface area (Å²) >= 11 is 0. The number of hydrogen-bond acceptors (Lipinski definition) is 5. The average molecular weight is 377 g/mol. The predicted octanol–water partition coefficient (Wildman–Crippen LogP) is 1.49. The standard InChI is InChI=1S/C16H24N2O4S.ClH/c1-2-6-17-7-8-18-16(19)5-11-23(20)13-3-4-14-15(12-13)22-10-9-21-14;/h3-4,12,17H,2,5-11H2,1H3,(H,18,19);1H. The minimum absolute atomic E-state index is 0. The van der Waals surface area contributed by atoms with Crippen LogP contribution in [0.5, 0.6) is 11.5 Å². The second-order valence-corrected chi connectivity index (χ2v) is 6.78. The summed E-state index contributed by atoms with van der Waals surface area (Å²) < 4.78 is 23.2. The zero-order valence-electron chi connectivity index (χ0n) is 13.8. The first kappa shape index (κ1) is 20.7. The molecule has 1 aliphatic rings. The molecule has 2 N–H and O–H groups in total. The van der Waals surface area contributed by atoms with E-state index in [0.717, 1.165) is 19.5 Å². The van der Waals surface area contributed by atoms with Crippen molar-refractivity contribution in [3.63, 3.8) is 0 Å². The fourth-order valence-corrected chi connectivity index (χ4v) is 3.21. The molecule has 8 heteroatoms. The minimum atomic E-state index is -1.22. The van der Waals surface area contributed by atoms with Crippen molar-refractivity contribution in [2.75, 3.05) is 38.6 Å². The van der Waals surface area contributed by atoms with Gasteiger partial charge in [0, 0.05) is 36.2 Å². The first-order valence-electron chi connectivity index (χ1n) is 7.96. The average Bonchev–Trinajstić information content (AvgIpc) is 2.59. The predicted molar refractivity (Wildman–Crippen MR) is 96.7 cm³/mol. The van der Waals surface area contributed by atoms with Crippen LogP contribution in [0.2, 0.25) is 0 Å². The van der Waals surface area contributed by atoms with Crippen LogP contribution in [0.3, 0.4) is 0 Å². The number of ether oxygens (including phenoxy) is 2. The Balaban J connectivity index is 0.00000288. The molecule has 0 radical (unpaired) electrons. The molecule has 0 spiro atoms. The van der Waals surface area contributed by atoms with E-state index in [1.165, 1.54) is 0 Å². The molecular weight excluding hydrogens is 352 g/mol. The van der Waals surface area contributed by atoms with E-state index in [-0.39, 0.29) is 24.7 Å². The first-order valence-corrected chi connectivity index (χ1v) is 9.28. The lowest BCUT2D eigenvalue weighted by molar-refractivity contribution is -0.120. The molecule has 0 fully saturated rings. The molecule has 0 saturated carbocycles. The number of rotatable bonds is 9. The van der Waals surface area contributed by atoms with Gasteiger partial charge in [-0.15, -0.1) is 12.4 Å². The van der Waals surface area contributed by atoms with E-state index in [1.807, 2.05) is 0 Å². The number of carbonyl (C=O) groups is 1. The second-order valence-electron chi connectivity index (χ2n) is 5.21. The van der Waals surface area contributed by atoms with Crippen molar-refractivity contribution in [2.24, 2.45) is 0 Å². The summed E-state index contributed by atoms with van der Waals surface area (Å²) in [7, 11) is -1.22. The quantitative estimate of drug-likeness (QED) is 0.638. The summed E-state index contributed by atoms with van der Waals surface area (Å²) in [6.45, 7) is 5.42. The molecule has 1 amide bonds. The number of carbonyl (C=O) groups excluding carboxylic acids is 1. The Labute approximate surface area is 151 Å². The highest BCUT2D eigenvalue weighted by Gasteiger charge is 2.15. The van der Waals surface area contributed by atoms with E-state index in [0.29, 0.717) is 41.9 Å². The van der Waals surface area contributed by atoms with Crippen molar-refractivity contribution < 1.29 is 18.5 Å². The summed E-state index contributed by atoms with van der Waals surface area (Å²) in [4.78, 5) is 12.4. The lowest BCUT2D eigenvalue weighted by Gasteiger charge is -2.18. The van der Waals surface area contributed by atoms with Crippen molar-refractivity contribution in [2.45, 2.75) is 24.7 Å². The third kappa shape index (κ3) is 6.67. The minimum Gasteiger partial charge on any atom is -0.486 e. The fraction of sp³-hybridized carbons (Fsp3) is 0.562. The number of halogens is 1. The Hall–Kier alpha value is -1.31. The molecular formula is C16H25ClN2O4S. The summed E-state index contributed by atoms with van der Waals surface area (Å²) in [5, 5.41) is 6.03. The van der Waals surface area contributed by atoms with Crippen molar-refractivity contribution in [3.05, 3.63) is 18.2 Å². The molecule has 0 aliphatic carbocycles. The van der Waals surface area contributed by atoms with Crippen molar-refractivity contribution in [3.8, 4) is 11.5 Å². The van der Waals surface area contributed by atoms with E-state index in [2.05, 4.69) is 17.6 Å². The topological polar surface area (TPSA) is 76.7 Å². The van der Waals surface area contributed by atoms with Crippen LogP contribution < -0.4 is 20.1 Å². The lowest BCUT2D eigenvalue weighted by atomic mass is 10.3. The molecule has 1 aliphatic heterocycles. The van der Waals surface area contributed by atoms with Crippen LogP contribution in [0.1, 0.15) is 19.8 Å². The third-order valence-corrected chi connectivity index (χ3v) is 4.70. The monoisotopic (exact) mass is 376 g/mol. The maximum atomic E-state index is 12.3. The van der Waals surface area contributed by atoms with E-state index >= 15 is 0 Å². The zero-order chi connectivity index (χ0) is 16.5. The van der Waals surface area contributed by atoms with Crippen LogP contribution in [0, 0.1) is 0 Å². The number of nitrogens with one attached hydrogen (secondary N) is 2. The fourth-order valence-electron chi connectivity index (χ4n) is 2.15. The van der Waals surface area contributed by atoms with Crippen LogP contribution in [0.4, 0.5) is 0 Å². The van der Waals surface area contributed by atoms with Crippen LogP contribution in [0.15, 0.2) is 23.1 Å². The largest absolute Gasteiger partial charge is 0.486 e. The molecule has 2 rings (SSSR count). The molecule has 1 unspecified atom stereocenters. The maximum Gasteiger partial charge on any atom is 0.220 e. The van der Waals surface area contributed by atoms with Gasteiger partial charge in [0.25, 0.3) is 0 Å². The Morgan fingerprint density at radius 3 is 2.67 bits per heavy atom. The lowest BCUT2D eigenvalue weighted by Crippen LogP contribution is -2.32. The molecule has 1 atom stereocenters. The Morgan fingerprint density at radius 1 is 1.17 bits per heavy atom. The molecule has 1 heterocycles. The van der Waals surface area contributed by atoms with Gasteiger partial charge >= 0.3 is 0 Å². The normalized spacial score (nSPS) is 13.7. The molecule has 1 aromatic carbocycles. The highest BCUT2D eigenvalue weighted by atomic mass is 35.5. The van der Waals surface area contributed by atoms with Crippen LogP contribution in [-0.2, 0) is 15.6 Å². The van der Waals surface area contributed by atoms with Gasteiger partial charge < -0.3 is 20.1 Å². The van der Waals surface area contributed by atoms with Gasteiger partial charge in [-0.3, -0.25) is 9.00 Å². The van der Waals surface area contributed by atoms with Gasteiger partial charge in [0.1, 0.15) is 13.2 Å². The number of hydrogen-bond donors (Lipinski definition) is 2. The van der Waals surface area contributed by atoms with E-state index < -0.39 is 10.8 Å². The number of amides is 1. The first-order chi connectivity index (χ1) is 11.2. The smallest absolute Gasteiger partial charge is 0.220 e. The summed E-state index contributed by atoms with van der Waals surface area (Å²) in [5.74, 6) is 1.52. The van der Waals surface area contributed by atoms with Crippen LogP contribution in [0.25, 0.3) is 0 Å². The van der Waals surface area contributed by atoms with Gasteiger partial charge in [-0.1, -0.05) is 6.92 Å². The van der Waals surface area contributed by atoms with E-state index in [4.69, 9.17) is 9.47 Å². The molecule has 0 saturated heterocycles. The molecule has 24 heavy (non-hydrogen) atoms. The Morgan fingerprint density at radius 2 is 1.92 bits per heavy atom. The Kier molecular flexibility index (Phi) is 9.75. The summed E-state index contributed by atoms with van der Waals surface area (Å²) in [5.41, 5.74) is 0. The molecule has 6 nitrogen and oxygen atoms in total. The van der Waals surface area contributed by atoms with E-state index in [1.54, 1.807) is 18.2 Å². The molecule has 0 bridgehead atoms. The summed E-state index contributed by atoms with van der Waals surface area (Å²) in [6, 6.07) is 5.26. The van der Waals surface area contributed by atoms with Crippen molar-refractivity contribution >= 4 is 29.1 Å². The van der Waals surface area contributed by atoms with E-state index in [9.17, 15) is 9.00 Å². The van der Waals surface area contributed by atoms with Crippen molar-refractivity contribution in [1.82, 2.24) is 10.6 Å². The molecule has 1 aromatic rings. The van der Waals surface area contributed by atoms with Crippen molar-refractivity contribution in [1.29, 1.82) is 0 Å². The van der Waals surface area contributed by atoms with Gasteiger partial charge in [-0.05, 0) is 25.1 Å². The van der Waals surface area contributed by atoms with Gasteiger partial charge in [0.2, 0.25) is 5.91 Å². The summed E-state index contributed by atoms with van der Waals surface area (Å²) in [6.07, 6.45) is 1.32. The number of fused-ring (bicyclic) bond motifs is 1. The van der Waals surface area contributed by atoms with Gasteiger partial charge in [-0.25, -0.2) is 0 Å². The number of benzene rings is 1. The van der Waals surface area contributed by atoms with Crippen LogP contribution in [-0.4, -0.2) is 48.7 Å². The highest BCUT2D eigenvalue weighted by molar-refractivity contribution is 7.85. The molecule has 0 aromatic heterocycles.